The second-order valence-corrected chi connectivity index (χ2v) is 3.99. The first-order valence-corrected chi connectivity index (χ1v) is 5.60. The Morgan fingerprint density at radius 1 is 1.11 bits per heavy atom. The topological polar surface area (TPSA) is 37.3 Å². The van der Waals surface area contributed by atoms with E-state index in [9.17, 15) is 0 Å². The number of rotatable bonds is 3. The van der Waals surface area contributed by atoms with E-state index in [2.05, 4.69) is 15.5 Å². The maximum Gasteiger partial charge on any atom is 0.0649 e. The summed E-state index contributed by atoms with van der Waals surface area (Å²) in [5.74, 6) is 0. The zero-order valence-corrected chi connectivity index (χ0v) is 11.3. The average Bonchev–Trinajstić information content (AvgIpc) is 2.39. The molecule has 0 saturated heterocycles. The van der Waals surface area contributed by atoms with Crippen molar-refractivity contribution in [2.24, 2.45) is 5.10 Å². The summed E-state index contributed by atoms with van der Waals surface area (Å²) in [5, 5.41) is 5.00. The molecule has 0 fully saturated rings. The number of anilines is 1. The van der Waals surface area contributed by atoms with Crippen molar-refractivity contribution in [1.29, 1.82) is 0 Å². The predicted octanol–water partition coefficient (Wildman–Crippen LogP) is 0.575. The van der Waals surface area contributed by atoms with Gasteiger partial charge in [0.2, 0.25) is 0 Å². The Morgan fingerprint density at radius 3 is 2.33 bits per heavy atom. The molecule has 1 aromatic heterocycles. The average molecular weight is 281 g/mol. The Kier molecular flexibility index (Phi) is 5.62. The smallest absolute Gasteiger partial charge is 0.0649 e. The molecular formula is C13H12Cl2N3-. The number of nitrogens with one attached hydrogen (secondary N) is 1. The van der Waals surface area contributed by atoms with E-state index in [0.29, 0.717) is 5.02 Å². The fourth-order valence-electron chi connectivity index (χ4n) is 1.33. The molecule has 0 atom stereocenters. The quantitative estimate of drug-likeness (QED) is 0.660. The van der Waals surface area contributed by atoms with E-state index < -0.39 is 0 Å². The van der Waals surface area contributed by atoms with Gasteiger partial charge in [-0.25, -0.2) is 0 Å². The Morgan fingerprint density at radius 2 is 1.72 bits per heavy atom. The molecule has 1 heterocycles. The molecule has 0 aliphatic heterocycles. The van der Waals surface area contributed by atoms with Gasteiger partial charge in [0.05, 0.1) is 11.4 Å². The molecule has 5 heteroatoms. The minimum absolute atomic E-state index is 0. The molecule has 0 radical (unpaired) electrons. The molecule has 2 rings (SSSR count). The van der Waals surface area contributed by atoms with Gasteiger partial charge in [0.25, 0.3) is 0 Å². The van der Waals surface area contributed by atoms with Crippen LogP contribution in [-0.4, -0.2) is 10.7 Å². The molecule has 3 nitrogen and oxygen atoms in total. The molecule has 0 aliphatic carbocycles. The second kappa shape index (κ2) is 6.99. The fourth-order valence-corrected chi connectivity index (χ4v) is 1.46. The summed E-state index contributed by atoms with van der Waals surface area (Å²) in [6.07, 6.45) is 3.49. The van der Waals surface area contributed by atoms with Crippen molar-refractivity contribution in [3.05, 3.63) is 59.4 Å². The number of hydrogen-bond donors (Lipinski definition) is 1. The van der Waals surface area contributed by atoms with E-state index >= 15 is 0 Å². The van der Waals surface area contributed by atoms with Gasteiger partial charge in [-0.1, -0.05) is 11.6 Å². The minimum Gasteiger partial charge on any atom is -1.00 e. The number of pyridine rings is 1. The summed E-state index contributed by atoms with van der Waals surface area (Å²) in [5.41, 5.74) is 5.83. The van der Waals surface area contributed by atoms with Crippen molar-refractivity contribution in [1.82, 2.24) is 4.98 Å². The standard InChI is InChI=1S/C13H12ClN3.ClH/c1-10(11-6-8-15-9-7-11)16-17-13-4-2-12(14)3-5-13;/h2-9,17H,1H3;1H/p-1. The largest absolute Gasteiger partial charge is 1.00 e. The molecule has 94 valence electrons. The summed E-state index contributed by atoms with van der Waals surface area (Å²) in [6.45, 7) is 1.94. The predicted molar refractivity (Wildman–Crippen MR) is 71.5 cm³/mol. The van der Waals surface area contributed by atoms with E-state index in [-0.39, 0.29) is 12.4 Å². The number of nitrogens with zero attached hydrogens (tertiary/aromatic N) is 2. The Bertz CT molecular complexity index is 510. The van der Waals surface area contributed by atoms with Crippen LogP contribution in [0.2, 0.25) is 5.02 Å². The van der Waals surface area contributed by atoms with Crippen LogP contribution in [0, 0.1) is 0 Å². The number of hydrogen-bond acceptors (Lipinski definition) is 3. The van der Waals surface area contributed by atoms with Crippen molar-refractivity contribution >= 4 is 23.0 Å². The normalized spacial score (nSPS) is 10.7. The van der Waals surface area contributed by atoms with Crippen LogP contribution < -0.4 is 17.8 Å². The van der Waals surface area contributed by atoms with Crippen LogP contribution in [0.4, 0.5) is 5.69 Å². The zero-order chi connectivity index (χ0) is 12.1. The molecule has 1 aromatic carbocycles. The maximum atomic E-state index is 5.80. The number of benzene rings is 1. The summed E-state index contributed by atoms with van der Waals surface area (Å²) >= 11 is 5.80. The third kappa shape index (κ3) is 4.02. The van der Waals surface area contributed by atoms with Gasteiger partial charge in [-0.05, 0) is 43.3 Å². The van der Waals surface area contributed by atoms with E-state index in [0.717, 1.165) is 17.0 Å². The van der Waals surface area contributed by atoms with Crippen LogP contribution in [0.3, 0.4) is 0 Å². The highest BCUT2D eigenvalue weighted by atomic mass is 35.5. The fraction of sp³-hybridized carbons (Fsp3) is 0.0769. The third-order valence-electron chi connectivity index (χ3n) is 2.30. The van der Waals surface area contributed by atoms with Gasteiger partial charge in [0, 0.05) is 23.0 Å². The molecule has 0 aliphatic rings. The highest BCUT2D eigenvalue weighted by Gasteiger charge is 1.96. The first kappa shape index (κ1) is 14.5. The lowest BCUT2D eigenvalue weighted by Gasteiger charge is -2.03. The first-order chi connectivity index (χ1) is 8.25. The van der Waals surface area contributed by atoms with Crippen molar-refractivity contribution < 1.29 is 12.4 Å². The van der Waals surface area contributed by atoms with Gasteiger partial charge in [-0.3, -0.25) is 10.4 Å². The van der Waals surface area contributed by atoms with E-state index in [4.69, 9.17) is 11.6 Å². The lowest BCUT2D eigenvalue weighted by molar-refractivity contribution is -0.00000345. The summed E-state index contributed by atoms with van der Waals surface area (Å²) in [4.78, 5) is 3.97. The van der Waals surface area contributed by atoms with Crippen molar-refractivity contribution in [2.75, 3.05) is 5.43 Å². The zero-order valence-electron chi connectivity index (χ0n) is 9.77. The third-order valence-corrected chi connectivity index (χ3v) is 2.55. The van der Waals surface area contributed by atoms with Crippen LogP contribution in [-0.2, 0) is 0 Å². The SMILES string of the molecule is CC(=NNc1ccc(Cl)cc1)c1ccncc1.[Cl-]. The van der Waals surface area contributed by atoms with Gasteiger partial charge in [0.15, 0.2) is 0 Å². The van der Waals surface area contributed by atoms with Crippen LogP contribution >= 0.6 is 11.6 Å². The highest BCUT2D eigenvalue weighted by Crippen LogP contribution is 2.13. The van der Waals surface area contributed by atoms with Crippen LogP contribution in [0.15, 0.2) is 53.9 Å². The first-order valence-electron chi connectivity index (χ1n) is 5.22. The van der Waals surface area contributed by atoms with Crippen LogP contribution in [0.1, 0.15) is 12.5 Å². The lowest BCUT2D eigenvalue weighted by Crippen LogP contribution is -3.00. The number of aromatic nitrogens is 1. The maximum absolute atomic E-state index is 5.80. The van der Waals surface area contributed by atoms with Gasteiger partial charge in [0.1, 0.15) is 0 Å². The molecular weight excluding hydrogens is 269 g/mol. The van der Waals surface area contributed by atoms with Crippen LogP contribution in [0.25, 0.3) is 0 Å². The van der Waals surface area contributed by atoms with Gasteiger partial charge in [-0.15, -0.1) is 0 Å². The Labute approximate surface area is 117 Å². The number of hydrazone groups is 1. The highest BCUT2D eigenvalue weighted by molar-refractivity contribution is 6.30. The van der Waals surface area contributed by atoms with Gasteiger partial charge in [-0.2, -0.15) is 5.10 Å². The van der Waals surface area contributed by atoms with Gasteiger partial charge >= 0.3 is 0 Å². The van der Waals surface area contributed by atoms with Crippen molar-refractivity contribution in [3.63, 3.8) is 0 Å². The van der Waals surface area contributed by atoms with E-state index in [1.807, 2.05) is 43.3 Å². The molecule has 0 bridgehead atoms. The van der Waals surface area contributed by atoms with E-state index in [1.165, 1.54) is 0 Å². The Balaban J connectivity index is 0.00000162. The second-order valence-electron chi connectivity index (χ2n) is 3.55. The van der Waals surface area contributed by atoms with Crippen molar-refractivity contribution in [3.8, 4) is 0 Å². The van der Waals surface area contributed by atoms with E-state index in [1.54, 1.807) is 12.4 Å². The van der Waals surface area contributed by atoms with Gasteiger partial charge < -0.3 is 12.4 Å². The lowest BCUT2D eigenvalue weighted by atomic mass is 10.2. The molecule has 0 spiro atoms. The monoisotopic (exact) mass is 280 g/mol. The summed E-state index contributed by atoms with van der Waals surface area (Å²) in [7, 11) is 0. The molecule has 0 saturated carbocycles. The molecule has 0 amide bonds. The number of halogens is 2. The summed E-state index contributed by atoms with van der Waals surface area (Å²) < 4.78 is 0. The molecule has 0 unspecified atom stereocenters. The van der Waals surface area contributed by atoms with Crippen LogP contribution in [0.5, 0.6) is 0 Å². The molecule has 2 aromatic rings. The molecule has 1 N–H and O–H groups in total. The summed E-state index contributed by atoms with van der Waals surface area (Å²) in [6, 6.07) is 11.2. The van der Waals surface area contributed by atoms with Crippen molar-refractivity contribution in [2.45, 2.75) is 6.92 Å². The Hall–Kier alpha value is -1.58. The minimum atomic E-state index is 0. The molecule has 18 heavy (non-hydrogen) atoms.